The number of hydrogen-bond donors (Lipinski definition) is 13. The van der Waals surface area contributed by atoms with Gasteiger partial charge >= 0.3 is 18.0 Å². The van der Waals surface area contributed by atoms with Crippen LogP contribution in [0.1, 0.15) is 59.3 Å². The molecule has 0 unspecified atom stereocenters. The van der Waals surface area contributed by atoms with E-state index < -0.39 is 134 Å². The van der Waals surface area contributed by atoms with E-state index in [0.29, 0.717) is 71.9 Å². The summed E-state index contributed by atoms with van der Waals surface area (Å²) in [5, 5.41) is 83.5. The molecule has 31 heteroatoms. The summed E-state index contributed by atoms with van der Waals surface area (Å²) in [5.41, 5.74) is 11.0. The quantitative estimate of drug-likeness (QED) is 0.0163. The van der Waals surface area contributed by atoms with E-state index in [1.165, 1.54) is 32.0 Å². The summed E-state index contributed by atoms with van der Waals surface area (Å²) < 4.78 is 50.4. The van der Waals surface area contributed by atoms with Gasteiger partial charge in [0.05, 0.1) is 97.2 Å². The highest BCUT2D eigenvalue weighted by molar-refractivity contribution is 5.86. The Morgan fingerprint density at radius 1 is 0.642 bits per heavy atom. The molecule has 10 atom stereocenters. The van der Waals surface area contributed by atoms with E-state index in [1.54, 1.807) is 11.8 Å². The van der Waals surface area contributed by atoms with Crippen LogP contribution in [0.15, 0.2) is 23.7 Å². The number of carbonyl (C=O) groups excluding carboxylic acids is 4. The van der Waals surface area contributed by atoms with Crippen LogP contribution >= 0.6 is 0 Å². The molecule has 0 saturated heterocycles. The van der Waals surface area contributed by atoms with Crippen molar-refractivity contribution in [3.8, 4) is 0 Å². The molecule has 0 spiro atoms. The fourth-order valence-electron chi connectivity index (χ4n) is 8.26. The third kappa shape index (κ3) is 27.0. The number of nitrogens with two attached hydrogens (primary N) is 2. The van der Waals surface area contributed by atoms with Crippen molar-refractivity contribution in [2.24, 2.45) is 17.4 Å². The SMILES string of the molecule is CCCOCCOCCOCCOCCC(=O)N(CCCCCCN(C)C(=O)CO[C@@H]([C@@H]1OC(C(=O)O)=C[C@H](NC(=N)N)[C@H]1NC(C)=O)[C@H](O)CO)CCOCCN(C)C(=O)O[C@@H]([C@@H]1OC(C(=O)O)=C[C@H](NC(=N)N)[C@H]1C)[C@H](O)CO. The number of unbranched alkanes of at least 4 members (excludes halogenated alkanes) is 3. The minimum Gasteiger partial charge on any atom is -0.479 e. The molecule has 31 nitrogen and oxygen atoms in total. The van der Waals surface area contributed by atoms with E-state index >= 15 is 0 Å². The van der Waals surface area contributed by atoms with Crippen LogP contribution < -0.4 is 27.4 Å². The molecule has 81 heavy (non-hydrogen) atoms. The molecule has 2 aliphatic heterocycles. The van der Waals surface area contributed by atoms with Crippen LogP contribution in [0.3, 0.4) is 0 Å². The van der Waals surface area contributed by atoms with Gasteiger partial charge in [-0.05, 0) is 31.4 Å². The molecule has 464 valence electrons. The Bertz CT molecular complexity index is 2020. The Morgan fingerprint density at radius 2 is 1.14 bits per heavy atom. The average molecular weight is 1170 g/mol. The first-order valence-corrected chi connectivity index (χ1v) is 26.8. The Kier molecular flexibility index (Phi) is 34.4. The zero-order valence-corrected chi connectivity index (χ0v) is 47.0. The molecule has 4 amide bonds. The molecule has 0 fully saturated rings. The molecule has 0 aromatic heterocycles. The lowest BCUT2D eigenvalue weighted by Gasteiger charge is -2.41. The second-order valence-corrected chi connectivity index (χ2v) is 19.1. The molecular weight excluding hydrogens is 1080 g/mol. The predicted molar refractivity (Wildman–Crippen MR) is 286 cm³/mol. The number of nitrogens with zero attached hydrogens (tertiary/aromatic N) is 3. The third-order valence-electron chi connectivity index (χ3n) is 12.6. The van der Waals surface area contributed by atoms with Gasteiger partial charge in [0.1, 0.15) is 31.0 Å². The lowest BCUT2D eigenvalue weighted by Crippen LogP contribution is -2.64. The number of likely N-dealkylation sites (N-methyl/N-ethyl adjacent to an activating group) is 2. The van der Waals surface area contributed by atoms with Gasteiger partial charge < -0.3 is 115 Å². The lowest BCUT2D eigenvalue weighted by atomic mass is 9.87. The summed E-state index contributed by atoms with van der Waals surface area (Å²) in [6, 6.07) is -3.16. The highest BCUT2D eigenvalue weighted by Gasteiger charge is 2.46. The van der Waals surface area contributed by atoms with Gasteiger partial charge in [-0.3, -0.25) is 25.2 Å². The van der Waals surface area contributed by atoms with E-state index in [0.717, 1.165) is 17.4 Å². The van der Waals surface area contributed by atoms with Crippen LogP contribution in [0.4, 0.5) is 4.79 Å². The molecule has 0 aromatic carbocycles. The fraction of sp³-hybridized carbons (Fsp3) is 0.760. The van der Waals surface area contributed by atoms with Gasteiger partial charge in [-0.25, -0.2) is 14.4 Å². The molecule has 2 rings (SSSR count). The minimum absolute atomic E-state index is 0.0115. The highest BCUT2D eigenvalue weighted by atomic mass is 16.6. The molecule has 2 heterocycles. The van der Waals surface area contributed by atoms with Gasteiger partial charge in [-0.1, -0.05) is 26.7 Å². The van der Waals surface area contributed by atoms with Crippen LogP contribution in [-0.4, -0.2) is 274 Å². The van der Waals surface area contributed by atoms with E-state index in [2.05, 4.69) is 16.0 Å². The smallest absolute Gasteiger partial charge is 0.410 e. The molecule has 0 bridgehead atoms. The van der Waals surface area contributed by atoms with Crippen molar-refractivity contribution in [3.05, 3.63) is 23.7 Å². The summed E-state index contributed by atoms with van der Waals surface area (Å²) in [5.74, 6) is -7.20. The number of ether oxygens (including phenoxy) is 9. The van der Waals surface area contributed by atoms with Crippen molar-refractivity contribution in [2.75, 3.05) is 126 Å². The summed E-state index contributed by atoms with van der Waals surface area (Å²) in [7, 11) is 2.92. The maximum atomic E-state index is 13.5. The first kappa shape index (κ1) is 70.9. The highest BCUT2D eigenvalue weighted by Crippen LogP contribution is 2.30. The number of carboxylic acids is 2. The number of rotatable bonds is 42. The number of guanidine groups is 2. The molecule has 0 aromatic rings. The minimum atomic E-state index is -1.71. The fourth-order valence-corrected chi connectivity index (χ4v) is 8.26. The monoisotopic (exact) mass is 1160 g/mol. The Hall–Kier alpha value is -6.16. The average Bonchev–Trinajstić information content (AvgIpc) is 3.49. The van der Waals surface area contributed by atoms with E-state index in [1.807, 2.05) is 6.92 Å². The maximum absolute atomic E-state index is 13.5. The zero-order chi connectivity index (χ0) is 60.4. The van der Waals surface area contributed by atoms with Gasteiger partial charge in [0.15, 0.2) is 24.1 Å². The van der Waals surface area contributed by atoms with Crippen molar-refractivity contribution < 1.29 is 102 Å². The van der Waals surface area contributed by atoms with E-state index in [4.69, 9.17) is 64.9 Å². The largest absolute Gasteiger partial charge is 0.479 e. The Morgan fingerprint density at radius 3 is 1.68 bits per heavy atom. The standard InChI is InChI=1S/C50H88N10O21/c1-6-16-73-20-22-76-24-25-77-23-21-74-17-11-39(66)60(15-19-75-18-14-59(5)50(72)81-44(36(65)29-62)42-31(2)33(56-48(51)52)26-37(79-42)46(68)69)13-10-8-7-9-12-58(4)40(67)30-78-43(35(64)28-61)45-41(55-32(3)63)34(57-49(53)54)27-38(80-45)47(70)71/h26-27,31,33-36,41-45,61-62,64-65H,6-25,28-30H2,1-5H3,(H,55,63)(H,68,69)(H,70,71)(H4,51,52,56)(H4,53,54,57)/t31-,33+,34+,35-,36-,41-,42-,43-,44-,45-/m1/s1. The first-order valence-electron chi connectivity index (χ1n) is 26.8. The van der Waals surface area contributed by atoms with Crippen LogP contribution in [-0.2, 0) is 66.6 Å². The number of nitrogens with one attached hydrogen (secondary N) is 5. The van der Waals surface area contributed by atoms with Gasteiger partial charge in [0.2, 0.25) is 29.2 Å². The number of hydrogen-bond acceptors (Lipinski definition) is 21. The zero-order valence-electron chi connectivity index (χ0n) is 47.0. The first-order chi connectivity index (χ1) is 38.6. The summed E-state index contributed by atoms with van der Waals surface area (Å²) in [4.78, 5) is 80.2. The second kappa shape index (κ2) is 39.3. The number of carbonyl (C=O) groups is 6. The Labute approximate surface area is 471 Å². The molecule has 0 saturated carbocycles. The summed E-state index contributed by atoms with van der Waals surface area (Å²) in [6.45, 7) is 6.35. The lowest BCUT2D eigenvalue weighted by molar-refractivity contribution is -0.162. The molecular formula is C50H88N10O21. The van der Waals surface area contributed by atoms with Crippen LogP contribution in [0, 0.1) is 16.7 Å². The topological polar surface area (TPSA) is 452 Å². The third-order valence-corrected chi connectivity index (χ3v) is 12.6. The van der Waals surface area contributed by atoms with Crippen molar-refractivity contribution in [2.45, 2.75) is 114 Å². The number of carboxylic acid groups (broad SMARTS) is 2. The van der Waals surface area contributed by atoms with Gasteiger partial charge in [0, 0.05) is 59.7 Å². The van der Waals surface area contributed by atoms with Gasteiger partial charge in [-0.2, -0.15) is 0 Å². The van der Waals surface area contributed by atoms with Crippen LogP contribution in [0.25, 0.3) is 0 Å². The second-order valence-electron chi connectivity index (χ2n) is 19.1. The van der Waals surface area contributed by atoms with Crippen molar-refractivity contribution >= 4 is 47.7 Å². The normalized spacial score (nSPS) is 20.1. The number of aliphatic carboxylic acids is 2. The summed E-state index contributed by atoms with van der Waals surface area (Å²) in [6.07, 6.45) is -4.53. The van der Waals surface area contributed by atoms with Crippen molar-refractivity contribution in [3.63, 3.8) is 0 Å². The van der Waals surface area contributed by atoms with Gasteiger partial charge in [0.25, 0.3) is 0 Å². The van der Waals surface area contributed by atoms with Crippen LogP contribution in [0.5, 0.6) is 0 Å². The van der Waals surface area contributed by atoms with E-state index in [9.17, 15) is 59.4 Å². The summed E-state index contributed by atoms with van der Waals surface area (Å²) >= 11 is 0. The van der Waals surface area contributed by atoms with Gasteiger partial charge in [-0.15, -0.1) is 0 Å². The number of amides is 4. The molecule has 0 aliphatic carbocycles. The van der Waals surface area contributed by atoms with Crippen molar-refractivity contribution in [1.82, 2.24) is 30.7 Å². The van der Waals surface area contributed by atoms with Crippen LogP contribution in [0.2, 0.25) is 0 Å². The molecule has 0 radical (unpaired) electrons. The molecule has 15 N–H and O–H groups in total. The van der Waals surface area contributed by atoms with E-state index in [-0.39, 0.29) is 58.4 Å². The number of aliphatic hydroxyl groups excluding tert-OH is 4. The predicted octanol–water partition coefficient (Wildman–Crippen LogP) is -3.18. The molecule has 2 aliphatic rings. The number of aliphatic hydroxyl groups is 4. The Balaban J connectivity index is 1.99. The maximum Gasteiger partial charge on any atom is 0.410 e. The van der Waals surface area contributed by atoms with Crippen molar-refractivity contribution in [1.29, 1.82) is 10.8 Å².